The molecule has 0 saturated carbocycles. The molecule has 0 heterocycles. The van der Waals surface area contributed by atoms with E-state index in [0.717, 1.165) is 90.1 Å². The molecule has 0 radical (unpaired) electrons. The molecule has 434 valence electrons. The zero-order valence-electron chi connectivity index (χ0n) is 51.7. The van der Waals surface area contributed by atoms with Gasteiger partial charge in [-0.3, -0.25) is 0 Å². The lowest BCUT2D eigenvalue weighted by molar-refractivity contribution is 0.309. The smallest absolute Gasteiger partial charge is 0.119 e. The van der Waals surface area contributed by atoms with Gasteiger partial charge in [0.1, 0.15) is 11.5 Å². The summed E-state index contributed by atoms with van der Waals surface area (Å²) in [7, 11) is 3.42. The molecule has 0 bridgehead atoms. The molecule has 13 aromatic rings. The third kappa shape index (κ3) is 9.21. The quantitative estimate of drug-likeness (QED) is 0.0580. The molecule has 0 unspecified atom stereocenters. The average molecular weight is 1160 g/mol. The molecular formula is C86H68N2O2. The van der Waals surface area contributed by atoms with E-state index in [1.165, 1.54) is 99.2 Å². The van der Waals surface area contributed by atoms with Crippen LogP contribution in [0.2, 0.25) is 0 Å². The monoisotopic (exact) mass is 1160 g/mol. The van der Waals surface area contributed by atoms with Gasteiger partial charge in [0, 0.05) is 44.0 Å². The number of hydrogen-bond donors (Lipinski definition) is 0. The maximum atomic E-state index is 5.86. The number of methoxy groups -OCH3 is 2. The Kier molecular flexibility index (Phi) is 14.2. The number of fused-ring (bicyclic) bond motifs is 10. The Morgan fingerprint density at radius 2 is 1.00 bits per heavy atom. The molecule has 4 nitrogen and oxygen atoms in total. The Balaban J connectivity index is 1.06. The first-order valence-corrected chi connectivity index (χ1v) is 31.3. The fourth-order valence-electron chi connectivity index (χ4n) is 14.5. The summed E-state index contributed by atoms with van der Waals surface area (Å²) in [4.78, 5) is 5.08. The predicted molar refractivity (Wildman–Crippen MR) is 386 cm³/mol. The van der Waals surface area contributed by atoms with Gasteiger partial charge in [0.2, 0.25) is 0 Å². The molecule has 13 aromatic carbocycles. The average Bonchev–Trinajstić information content (AvgIpc) is 0.712. The lowest BCUT2D eigenvalue weighted by Gasteiger charge is -2.34. The van der Waals surface area contributed by atoms with Crippen LogP contribution in [0.4, 0.5) is 22.7 Å². The van der Waals surface area contributed by atoms with Crippen molar-refractivity contribution in [2.24, 2.45) is 0 Å². The van der Waals surface area contributed by atoms with Crippen LogP contribution in [0.25, 0.3) is 120 Å². The lowest BCUT2D eigenvalue weighted by atomic mass is 9.83. The second kappa shape index (κ2) is 23.0. The first kappa shape index (κ1) is 55.6. The number of benzene rings is 13. The Labute approximate surface area is 526 Å². The Hall–Kier alpha value is -10.9. The van der Waals surface area contributed by atoms with Gasteiger partial charge in [0.05, 0.1) is 31.3 Å². The highest BCUT2D eigenvalue weighted by Crippen LogP contribution is 2.57. The van der Waals surface area contributed by atoms with Crippen molar-refractivity contribution in [3.8, 4) is 39.1 Å². The van der Waals surface area contributed by atoms with Crippen molar-refractivity contribution in [2.75, 3.05) is 24.0 Å². The number of nitrogens with zero attached hydrogens (tertiary/aromatic N) is 2. The van der Waals surface area contributed by atoms with E-state index >= 15 is 0 Å². The number of ether oxygens (including phenoxy) is 2. The molecule has 0 aliphatic heterocycles. The highest BCUT2D eigenvalue weighted by Gasteiger charge is 2.31. The van der Waals surface area contributed by atoms with Gasteiger partial charge in [0.15, 0.2) is 0 Å². The van der Waals surface area contributed by atoms with Gasteiger partial charge >= 0.3 is 0 Å². The van der Waals surface area contributed by atoms with E-state index < -0.39 is 0 Å². The SMILES string of the molecule is C=C(/C=C\C(=C/C)N(\C(CCC)=C(C)/C=C\C=C1/C=C(C)c2ccccc21)c1c2ccccc2c(-c2c3ccccc3c(N(c3ccc(OC)cc3)c3ccc4c5c(cccc35)-c3ccccc3-4)c3cc4ccccc4cc23)c2cc3ccccc3cc12)OC. The van der Waals surface area contributed by atoms with E-state index in [9.17, 15) is 0 Å². The van der Waals surface area contributed by atoms with Crippen LogP contribution in [0.5, 0.6) is 5.75 Å². The van der Waals surface area contributed by atoms with Crippen molar-refractivity contribution >= 4 is 109 Å². The van der Waals surface area contributed by atoms with Gasteiger partial charge in [-0.05, 0) is 204 Å². The number of hydrogen-bond acceptors (Lipinski definition) is 4. The molecule has 2 aliphatic carbocycles. The minimum Gasteiger partial charge on any atom is -0.497 e. The number of rotatable bonds is 15. The topological polar surface area (TPSA) is 24.9 Å². The van der Waals surface area contributed by atoms with Crippen LogP contribution in [-0.4, -0.2) is 14.2 Å². The summed E-state index contributed by atoms with van der Waals surface area (Å²) in [5, 5.41) is 16.3. The van der Waals surface area contributed by atoms with Crippen LogP contribution < -0.4 is 14.5 Å². The fourth-order valence-corrected chi connectivity index (χ4v) is 14.5. The minimum absolute atomic E-state index is 0.578. The van der Waals surface area contributed by atoms with E-state index in [1.807, 2.05) is 6.08 Å². The summed E-state index contributed by atoms with van der Waals surface area (Å²) in [5.41, 5.74) is 20.2. The summed E-state index contributed by atoms with van der Waals surface area (Å²) >= 11 is 0. The molecule has 0 saturated heterocycles. The fraction of sp³-hybridized carbons (Fsp3) is 0.0930. The van der Waals surface area contributed by atoms with E-state index in [1.54, 1.807) is 14.2 Å². The van der Waals surface area contributed by atoms with Gasteiger partial charge in [-0.1, -0.05) is 220 Å². The maximum Gasteiger partial charge on any atom is 0.119 e. The van der Waals surface area contributed by atoms with Crippen molar-refractivity contribution in [1.82, 2.24) is 0 Å². The van der Waals surface area contributed by atoms with Gasteiger partial charge in [-0.2, -0.15) is 0 Å². The van der Waals surface area contributed by atoms with E-state index in [4.69, 9.17) is 9.47 Å². The van der Waals surface area contributed by atoms with Crippen molar-refractivity contribution in [3.63, 3.8) is 0 Å². The molecule has 2 aliphatic rings. The summed E-state index contributed by atoms with van der Waals surface area (Å²) in [6.07, 6.45) is 17.2. The largest absolute Gasteiger partial charge is 0.497 e. The summed E-state index contributed by atoms with van der Waals surface area (Å²) in [6, 6.07) is 83.5. The molecule has 0 spiro atoms. The van der Waals surface area contributed by atoms with Crippen LogP contribution in [0.15, 0.2) is 296 Å². The summed E-state index contributed by atoms with van der Waals surface area (Å²) in [5.74, 6) is 1.38. The van der Waals surface area contributed by atoms with E-state index in [-0.39, 0.29) is 0 Å². The normalized spacial score (nSPS) is 13.6. The van der Waals surface area contributed by atoms with Crippen LogP contribution in [0.1, 0.15) is 51.7 Å². The third-order valence-corrected chi connectivity index (χ3v) is 18.6. The molecule has 0 aromatic heterocycles. The van der Waals surface area contributed by atoms with Gasteiger partial charge in [-0.25, -0.2) is 0 Å². The molecular weight excluding hydrogens is 1090 g/mol. The Morgan fingerprint density at radius 1 is 0.489 bits per heavy atom. The Morgan fingerprint density at radius 3 is 1.59 bits per heavy atom. The maximum absolute atomic E-state index is 5.86. The third-order valence-electron chi connectivity index (χ3n) is 18.6. The van der Waals surface area contributed by atoms with Crippen LogP contribution in [0, 0.1) is 0 Å². The van der Waals surface area contributed by atoms with Crippen LogP contribution in [0.3, 0.4) is 0 Å². The van der Waals surface area contributed by atoms with E-state index in [2.05, 4.69) is 305 Å². The molecule has 0 N–H and O–H groups in total. The van der Waals surface area contributed by atoms with Crippen molar-refractivity contribution in [3.05, 3.63) is 307 Å². The molecule has 4 heteroatoms. The number of anilines is 4. The molecule has 0 atom stereocenters. The predicted octanol–water partition coefficient (Wildman–Crippen LogP) is 24.1. The zero-order chi connectivity index (χ0) is 61.1. The van der Waals surface area contributed by atoms with Crippen LogP contribution >= 0.6 is 0 Å². The summed E-state index contributed by atoms with van der Waals surface area (Å²) in [6.45, 7) is 13.2. The second-order valence-corrected chi connectivity index (χ2v) is 23.8. The molecule has 0 fully saturated rings. The molecule has 90 heavy (non-hydrogen) atoms. The van der Waals surface area contributed by atoms with Crippen molar-refractivity contribution in [1.29, 1.82) is 0 Å². The number of allylic oxidation sites excluding steroid dienone is 11. The standard InChI is InChI=1S/C86H68N2O2/c1-8-24-80(54(3)25-22-30-61-49-55(4)65-31-14-15-32-66(61)65)87(62(9-2)42-41-56(5)89-6)85-73-37-20-18-35-70(73)83(76-50-57-26-10-12-28-59(57)52-78(76)85)84-71-36-19-21-38-74(71)86(79-53-60-29-13-11-27-58(60)51-77(79)84)88(63-43-45-64(90-7)46-44-63)81-48-47-72-68-34-17-16-33-67(68)69-39-23-40-75(81)82(69)72/h9-23,25-53H,5,8,24H2,1-4,6-7H3/b25-22-,42-41-,61-30+,62-9+,80-54-. The van der Waals surface area contributed by atoms with Gasteiger partial charge in [-0.15, -0.1) is 0 Å². The minimum atomic E-state index is 0.578. The van der Waals surface area contributed by atoms with Gasteiger partial charge in [0.25, 0.3) is 0 Å². The molecule has 15 rings (SSSR count). The van der Waals surface area contributed by atoms with Crippen molar-refractivity contribution < 1.29 is 9.47 Å². The summed E-state index contributed by atoms with van der Waals surface area (Å²) < 4.78 is 11.6. The first-order valence-electron chi connectivity index (χ1n) is 31.3. The van der Waals surface area contributed by atoms with Gasteiger partial charge < -0.3 is 19.3 Å². The first-order chi connectivity index (χ1) is 44.2. The molecule has 0 amide bonds. The highest BCUT2D eigenvalue weighted by molar-refractivity contribution is 6.33. The lowest BCUT2D eigenvalue weighted by Crippen LogP contribution is -2.23. The van der Waals surface area contributed by atoms with Crippen LogP contribution in [-0.2, 0) is 4.74 Å². The zero-order valence-corrected chi connectivity index (χ0v) is 51.7. The second-order valence-electron chi connectivity index (χ2n) is 23.8. The van der Waals surface area contributed by atoms with E-state index in [0.29, 0.717) is 5.76 Å². The highest BCUT2D eigenvalue weighted by atomic mass is 16.5. The Bertz CT molecular complexity index is 5310. The van der Waals surface area contributed by atoms with Crippen molar-refractivity contribution in [2.45, 2.75) is 40.5 Å².